The molecule has 1 unspecified atom stereocenters. The number of benzene rings is 2. The number of hydrogen-bond donors (Lipinski definition) is 0. The lowest BCUT2D eigenvalue weighted by Gasteiger charge is -2.39. The molecule has 2 saturated heterocycles. The topological polar surface area (TPSA) is 29.5 Å². The standard InChI is InChI=1S/C23H27NO2/c1-15-4-6-17(7-5-15)18-12-20-8-9-21(13-18)24(20)23(25)19-10-16(2)11-22(14-19)26-3/h4-7,10-11,14,18,20-21H,8-9,12-13H2,1-3H3/t18?,20-,21+. The van der Waals surface area contributed by atoms with Gasteiger partial charge >= 0.3 is 0 Å². The number of ether oxygens (including phenoxy) is 1. The van der Waals surface area contributed by atoms with Gasteiger partial charge in [-0.2, -0.15) is 0 Å². The molecule has 0 radical (unpaired) electrons. The second-order valence-electron chi connectivity index (χ2n) is 7.92. The van der Waals surface area contributed by atoms with Gasteiger partial charge in [-0.1, -0.05) is 29.8 Å². The van der Waals surface area contributed by atoms with Crippen molar-refractivity contribution in [3.8, 4) is 5.75 Å². The van der Waals surface area contributed by atoms with Crippen LogP contribution in [0.1, 0.15) is 58.6 Å². The van der Waals surface area contributed by atoms with Gasteiger partial charge in [0.05, 0.1) is 7.11 Å². The van der Waals surface area contributed by atoms with E-state index in [9.17, 15) is 4.79 Å². The SMILES string of the molecule is COc1cc(C)cc(C(=O)N2[C@@H]3CC[C@H]2CC(c2ccc(C)cc2)C3)c1. The van der Waals surface area contributed by atoms with Gasteiger partial charge in [0.1, 0.15) is 5.75 Å². The molecule has 0 N–H and O–H groups in total. The summed E-state index contributed by atoms with van der Waals surface area (Å²) < 4.78 is 5.36. The Hall–Kier alpha value is -2.29. The Balaban J connectivity index is 1.55. The maximum atomic E-state index is 13.2. The second-order valence-corrected chi connectivity index (χ2v) is 7.92. The van der Waals surface area contributed by atoms with Gasteiger partial charge in [-0.3, -0.25) is 4.79 Å². The van der Waals surface area contributed by atoms with Gasteiger partial charge in [0.15, 0.2) is 0 Å². The first-order valence-corrected chi connectivity index (χ1v) is 9.60. The Morgan fingerprint density at radius 3 is 2.23 bits per heavy atom. The molecule has 2 aliphatic heterocycles. The largest absolute Gasteiger partial charge is 0.497 e. The molecule has 0 aliphatic carbocycles. The summed E-state index contributed by atoms with van der Waals surface area (Å²) in [5.41, 5.74) is 4.55. The molecule has 3 heteroatoms. The number of methoxy groups -OCH3 is 1. The van der Waals surface area contributed by atoms with Crippen molar-refractivity contribution in [1.82, 2.24) is 4.90 Å². The minimum Gasteiger partial charge on any atom is -0.497 e. The van der Waals surface area contributed by atoms with Gasteiger partial charge < -0.3 is 9.64 Å². The van der Waals surface area contributed by atoms with E-state index in [1.165, 1.54) is 11.1 Å². The highest BCUT2D eigenvalue weighted by atomic mass is 16.5. The molecule has 1 amide bonds. The molecule has 2 aliphatic rings. The fraction of sp³-hybridized carbons (Fsp3) is 0.435. The number of carbonyl (C=O) groups is 1. The third-order valence-corrected chi connectivity index (χ3v) is 6.05. The number of fused-ring (bicyclic) bond motifs is 2. The summed E-state index contributed by atoms with van der Waals surface area (Å²) in [6.45, 7) is 4.14. The van der Waals surface area contributed by atoms with E-state index in [2.05, 4.69) is 36.1 Å². The Bertz CT molecular complexity index is 797. The molecule has 2 heterocycles. The number of aryl methyl sites for hydroxylation is 2. The molecule has 26 heavy (non-hydrogen) atoms. The van der Waals surface area contributed by atoms with Gasteiger partial charge in [-0.05, 0) is 74.8 Å². The number of piperidine rings is 1. The van der Waals surface area contributed by atoms with Crippen LogP contribution in [0.3, 0.4) is 0 Å². The van der Waals surface area contributed by atoms with E-state index in [1.807, 2.05) is 25.1 Å². The highest BCUT2D eigenvalue weighted by Crippen LogP contribution is 2.43. The van der Waals surface area contributed by atoms with Crippen molar-refractivity contribution in [1.29, 1.82) is 0 Å². The minimum absolute atomic E-state index is 0.168. The van der Waals surface area contributed by atoms with Crippen LogP contribution < -0.4 is 4.74 Å². The molecule has 2 fully saturated rings. The number of amides is 1. The summed E-state index contributed by atoms with van der Waals surface area (Å²) >= 11 is 0. The van der Waals surface area contributed by atoms with Crippen molar-refractivity contribution < 1.29 is 9.53 Å². The Morgan fingerprint density at radius 2 is 1.62 bits per heavy atom. The van der Waals surface area contributed by atoms with E-state index < -0.39 is 0 Å². The average Bonchev–Trinajstić information content (AvgIpc) is 2.90. The monoisotopic (exact) mass is 349 g/mol. The Labute approximate surface area is 156 Å². The predicted molar refractivity (Wildman–Crippen MR) is 104 cm³/mol. The van der Waals surface area contributed by atoms with Crippen molar-refractivity contribution in [2.45, 2.75) is 57.5 Å². The zero-order valence-electron chi connectivity index (χ0n) is 15.9. The lowest BCUT2D eigenvalue weighted by molar-refractivity contribution is 0.0571. The van der Waals surface area contributed by atoms with E-state index in [0.29, 0.717) is 18.0 Å². The first-order chi connectivity index (χ1) is 12.5. The smallest absolute Gasteiger partial charge is 0.254 e. The summed E-state index contributed by atoms with van der Waals surface area (Å²) in [4.78, 5) is 15.4. The molecule has 3 atom stereocenters. The van der Waals surface area contributed by atoms with Crippen LogP contribution in [0.2, 0.25) is 0 Å². The van der Waals surface area contributed by atoms with Crippen molar-refractivity contribution in [2.24, 2.45) is 0 Å². The first-order valence-electron chi connectivity index (χ1n) is 9.60. The van der Waals surface area contributed by atoms with Crippen LogP contribution in [0.5, 0.6) is 5.75 Å². The maximum Gasteiger partial charge on any atom is 0.254 e. The molecule has 0 saturated carbocycles. The van der Waals surface area contributed by atoms with Gasteiger partial charge in [0, 0.05) is 17.6 Å². The highest BCUT2D eigenvalue weighted by molar-refractivity contribution is 5.95. The summed E-state index contributed by atoms with van der Waals surface area (Å²) in [7, 11) is 1.65. The normalized spacial score (nSPS) is 24.6. The van der Waals surface area contributed by atoms with E-state index in [-0.39, 0.29) is 5.91 Å². The van der Waals surface area contributed by atoms with Crippen LogP contribution in [-0.2, 0) is 0 Å². The lowest BCUT2D eigenvalue weighted by Crippen LogP contribution is -2.46. The molecule has 0 aromatic heterocycles. The van der Waals surface area contributed by atoms with Crippen molar-refractivity contribution in [3.05, 3.63) is 64.7 Å². The van der Waals surface area contributed by atoms with Crippen molar-refractivity contribution in [3.63, 3.8) is 0 Å². The molecular formula is C23H27NO2. The third-order valence-electron chi connectivity index (χ3n) is 6.05. The molecule has 2 aromatic rings. The third kappa shape index (κ3) is 3.11. The molecule has 2 bridgehead atoms. The molecule has 4 rings (SSSR count). The maximum absolute atomic E-state index is 13.2. The Morgan fingerprint density at radius 1 is 0.962 bits per heavy atom. The lowest BCUT2D eigenvalue weighted by atomic mass is 9.84. The van der Waals surface area contributed by atoms with Gasteiger partial charge in [-0.15, -0.1) is 0 Å². The Kier molecular flexibility index (Phi) is 4.47. The summed E-state index contributed by atoms with van der Waals surface area (Å²) in [5.74, 6) is 1.50. The number of nitrogens with zero attached hydrogens (tertiary/aromatic N) is 1. The van der Waals surface area contributed by atoms with Gasteiger partial charge in [-0.25, -0.2) is 0 Å². The molecule has 136 valence electrons. The number of rotatable bonds is 3. The van der Waals surface area contributed by atoms with Crippen molar-refractivity contribution >= 4 is 5.91 Å². The number of hydrogen-bond acceptors (Lipinski definition) is 2. The van der Waals surface area contributed by atoms with E-state index >= 15 is 0 Å². The van der Waals surface area contributed by atoms with E-state index in [1.54, 1.807) is 7.11 Å². The van der Waals surface area contributed by atoms with Crippen molar-refractivity contribution in [2.75, 3.05) is 7.11 Å². The summed E-state index contributed by atoms with van der Waals surface area (Å²) in [6.07, 6.45) is 4.41. The predicted octanol–water partition coefficient (Wildman–Crippen LogP) is 4.86. The summed E-state index contributed by atoms with van der Waals surface area (Å²) in [6, 6.07) is 15.5. The van der Waals surface area contributed by atoms with Gasteiger partial charge in [0.2, 0.25) is 0 Å². The van der Waals surface area contributed by atoms with Crippen LogP contribution in [0.15, 0.2) is 42.5 Å². The van der Waals surface area contributed by atoms with E-state index in [4.69, 9.17) is 4.74 Å². The van der Waals surface area contributed by atoms with E-state index in [0.717, 1.165) is 42.6 Å². The average molecular weight is 349 g/mol. The highest BCUT2D eigenvalue weighted by Gasteiger charge is 2.43. The van der Waals surface area contributed by atoms with Crippen LogP contribution in [0, 0.1) is 13.8 Å². The molecule has 2 aromatic carbocycles. The van der Waals surface area contributed by atoms with Crippen LogP contribution in [-0.4, -0.2) is 30.0 Å². The zero-order valence-corrected chi connectivity index (χ0v) is 15.9. The fourth-order valence-corrected chi connectivity index (χ4v) is 4.76. The first kappa shape index (κ1) is 17.1. The van der Waals surface area contributed by atoms with Gasteiger partial charge in [0.25, 0.3) is 5.91 Å². The van der Waals surface area contributed by atoms with Crippen LogP contribution in [0.4, 0.5) is 0 Å². The fourth-order valence-electron chi connectivity index (χ4n) is 4.76. The van der Waals surface area contributed by atoms with Crippen LogP contribution >= 0.6 is 0 Å². The quantitative estimate of drug-likeness (QED) is 0.792. The molecular weight excluding hydrogens is 322 g/mol. The summed E-state index contributed by atoms with van der Waals surface area (Å²) in [5, 5.41) is 0. The van der Waals surface area contributed by atoms with Crippen LogP contribution in [0.25, 0.3) is 0 Å². The molecule has 3 nitrogen and oxygen atoms in total. The second kappa shape index (κ2) is 6.79. The zero-order chi connectivity index (χ0) is 18.3. The number of carbonyl (C=O) groups excluding carboxylic acids is 1. The molecule has 0 spiro atoms. The minimum atomic E-state index is 0.168.